The number of aromatic amines is 1. The first-order chi connectivity index (χ1) is 42.9. The van der Waals surface area contributed by atoms with E-state index in [1.165, 1.54) is 41.3 Å². The van der Waals surface area contributed by atoms with Crippen LogP contribution in [0.5, 0.6) is 0 Å². The van der Waals surface area contributed by atoms with Gasteiger partial charge in [-0.15, -0.1) is 0 Å². The number of hydrogen-bond donors (Lipinski definition) is 2. The van der Waals surface area contributed by atoms with Crippen molar-refractivity contribution in [2.75, 3.05) is 6.61 Å². The van der Waals surface area contributed by atoms with Gasteiger partial charge in [0.2, 0.25) is 0 Å². The topological polar surface area (TPSA) is 84.3 Å². The van der Waals surface area contributed by atoms with Crippen LogP contribution in [-0.2, 0) is 336 Å². The van der Waals surface area contributed by atoms with Crippen LogP contribution < -0.4 is 0 Å². The fourth-order valence-corrected chi connectivity index (χ4v) is 96.4. The van der Waals surface area contributed by atoms with Gasteiger partial charge in [-0.3, -0.25) is 0 Å². The van der Waals surface area contributed by atoms with Gasteiger partial charge < -0.3 is 19.4 Å². The van der Waals surface area contributed by atoms with Crippen molar-refractivity contribution >= 4 is 440 Å². The van der Waals surface area contributed by atoms with E-state index in [9.17, 15) is 14.7 Å². The quantitative estimate of drug-likeness (QED) is 0.138. The number of hydrogen-bond acceptors (Lipinski definition) is 7. The van der Waals surface area contributed by atoms with Crippen LogP contribution in [-0.4, -0.2) is 33.2 Å². The number of halogens is 5. The lowest BCUT2D eigenvalue weighted by molar-refractivity contribution is 0.0516. The fourth-order valence-electron chi connectivity index (χ4n) is 5.74. The number of carbonyl (C=O) groups excluding carboxylic acids is 1. The van der Waals surface area contributed by atoms with Gasteiger partial charge >= 0.3 is 11.9 Å². The second kappa shape index (κ2) is 55.8. The molecular weight excluding hydrogens is 1980 g/mol. The van der Waals surface area contributed by atoms with Gasteiger partial charge in [-0.25, -0.2) is 9.59 Å². The number of esters is 1. The Balaban J connectivity index is 0.000000356. The van der Waals surface area contributed by atoms with Crippen molar-refractivity contribution in [3.63, 3.8) is 0 Å². The highest BCUT2D eigenvalue weighted by atomic mass is 35.5. The normalized spacial score (nSPS) is 9.44. The van der Waals surface area contributed by atoms with Gasteiger partial charge in [-0.2, -0.15) is 0 Å². The van der Waals surface area contributed by atoms with E-state index in [2.05, 4.69) is 4.98 Å². The molecule has 6 nitrogen and oxygen atoms in total. The van der Waals surface area contributed by atoms with Gasteiger partial charge in [0, 0.05) is 382 Å². The molecule has 0 aliphatic rings. The van der Waals surface area contributed by atoms with Crippen LogP contribution in [0.2, 0.25) is 25.1 Å². The molecule has 496 valence electrons. The SMILES string of the molecule is C.C.CCOC(=O)c1[nH]c2ccc(Cl)cc2c1Sc1ccc(Cl)cc1.O=C(O)c1c(Sc2ccc(Cl)cc2)c2cc(Cl)ccc2n1Cc1ccc(Cl)cc1.S=S=S=S=S=S=S=S=S=S=S=S=S=S=S=S=S=S=S=S=S=S=S=S=S=S=S=S=S=S=S=S=S=S=S=S. The molecule has 0 radical (unpaired) electrons. The molecule has 2 heterocycles. The Hall–Kier alpha value is 4.19. The van der Waals surface area contributed by atoms with Crippen LogP contribution >= 0.6 is 81.5 Å². The highest BCUT2D eigenvalue weighted by molar-refractivity contribution is 8.80. The van der Waals surface area contributed by atoms with E-state index in [0.717, 1.165) is 42.1 Å². The first-order valence-corrected chi connectivity index (χ1v) is 71.7. The summed E-state index contributed by atoms with van der Waals surface area (Å²) in [5.74, 6) is -1.38. The highest BCUT2D eigenvalue weighted by Gasteiger charge is 2.24. The zero-order valence-electron chi connectivity index (χ0n) is 41.8. The molecule has 90 heavy (non-hydrogen) atoms. The predicted octanol–water partition coefficient (Wildman–Crippen LogP) is 14.5. The van der Waals surface area contributed by atoms with E-state index < -0.39 is 5.97 Å². The molecule has 2 N–H and O–H groups in total. The van der Waals surface area contributed by atoms with Gasteiger partial charge in [-0.05, 0) is 110 Å². The number of nitrogens with one attached hydrogen (secondary N) is 1. The maximum atomic E-state index is 12.3. The average molecular weight is 2020 g/mol. The Bertz CT molecular complexity index is 5250. The maximum absolute atomic E-state index is 12.3. The molecule has 0 saturated heterocycles. The van der Waals surface area contributed by atoms with Gasteiger partial charge in [0.25, 0.3) is 0 Å². The molecule has 0 aliphatic carbocycles. The molecule has 0 atom stereocenters. The summed E-state index contributed by atoms with van der Waals surface area (Å²) >= 11 is 42.7. The Kier molecular flexibility index (Phi) is 54.8. The van der Waals surface area contributed by atoms with Gasteiger partial charge in [0.1, 0.15) is 11.4 Å². The molecule has 0 bridgehead atoms. The molecule has 7 aromatic rings. The Morgan fingerprint density at radius 2 is 0.767 bits per heavy atom. The molecule has 0 unspecified atom stereocenters. The van der Waals surface area contributed by atoms with E-state index in [1.54, 1.807) is 161 Å². The number of nitrogens with zero attached hydrogens (tertiary/aromatic N) is 1. The van der Waals surface area contributed by atoms with Gasteiger partial charge in [0.15, 0.2) is 0 Å². The van der Waals surface area contributed by atoms with Crippen LogP contribution in [0.3, 0.4) is 0 Å². The number of aromatic carboxylic acids is 1. The van der Waals surface area contributed by atoms with Gasteiger partial charge in [0.05, 0.1) is 21.9 Å². The Morgan fingerprint density at radius 1 is 0.444 bits per heavy atom. The van der Waals surface area contributed by atoms with E-state index in [-0.39, 0.29) is 26.5 Å². The number of rotatable bonds is 9. The summed E-state index contributed by atoms with van der Waals surface area (Å²) in [5, 5.41) is 14.8. The zero-order chi connectivity index (χ0) is 63.0. The number of carbonyl (C=O) groups is 2. The Morgan fingerprint density at radius 3 is 1.12 bits per heavy atom. The smallest absolute Gasteiger partial charge is 0.355 e. The molecule has 0 amide bonds. The van der Waals surface area contributed by atoms with Crippen molar-refractivity contribution in [3.8, 4) is 0 Å². The third-order valence-electron chi connectivity index (χ3n) is 8.61. The average Bonchev–Trinajstić information content (AvgIpc) is 1.63. The molecule has 49 heteroatoms. The maximum Gasteiger partial charge on any atom is 0.355 e. The zero-order valence-corrected chi connectivity index (χ0v) is 76.6. The van der Waals surface area contributed by atoms with E-state index >= 15 is 0 Å². The minimum atomic E-state index is -0.997. The summed E-state index contributed by atoms with van der Waals surface area (Å²) in [4.78, 5) is 31.0. The van der Waals surface area contributed by atoms with Gasteiger partial charge in [-0.1, -0.05) is 109 Å². The molecule has 0 aliphatic heterocycles. The van der Waals surface area contributed by atoms with Crippen LogP contribution in [0.25, 0.3) is 21.8 Å². The van der Waals surface area contributed by atoms with Crippen LogP contribution in [0.15, 0.2) is 129 Å². The summed E-state index contributed by atoms with van der Waals surface area (Å²) < 4.78 is 6.95. The number of carboxylic acids is 1. The summed E-state index contributed by atoms with van der Waals surface area (Å²) in [5.41, 5.74) is 3.25. The molecule has 5 aromatic carbocycles. The summed E-state index contributed by atoms with van der Waals surface area (Å²) in [6.07, 6.45) is 0. The number of fused-ring (bicyclic) bond motifs is 2. The second-order valence-corrected chi connectivity index (χ2v) is 78.0. The molecular formula is C41H35Cl5N2O4S38. The van der Waals surface area contributed by atoms with E-state index in [0.29, 0.717) is 48.9 Å². The first-order valence-electron chi connectivity index (χ1n) is 21.5. The summed E-state index contributed by atoms with van der Waals surface area (Å²) in [7, 11) is 60.1. The van der Waals surface area contributed by atoms with E-state index in [4.69, 9.17) is 85.1 Å². The predicted molar refractivity (Wildman–Crippen MR) is 493 cm³/mol. The van der Waals surface area contributed by atoms with Crippen molar-refractivity contribution < 1.29 is 19.4 Å². The number of carboxylic acid groups (broad SMARTS) is 1. The number of H-pyrrole nitrogens is 1. The van der Waals surface area contributed by atoms with Crippen LogP contribution in [0, 0.1) is 0 Å². The van der Waals surface area contributed by atoms with Crippen molar-refractivity contribution in [1.82, 2.24) is 9.55 Å². The Labute approximate surface area is 661 Å². The molecule has 0 saturated carbocycles. The highest BCUT2D eigenvalue weighted by Crippen LogP contribution is 2.41. The van der Waals surface area contributed by atoms with Crippen molar-refractivity contribution in [2.45, 2.75) is 47.9 Å². The molecule has 0 fully saturated rings. The minimum absolute atomic E-state index is 0. The monoisotopic (exact) mass is 2010 g/mol. The number of ether oxygens (including phenoxy) is 1. The fraction of sp³-hybridized carbons (Fsp3) is 0.122. The number of benzene rings is 5. The largest absolute Gasteiger partial charge is 0.477 e. The lowest BCUT2D eigenvalue weighted by atomic mass is 10.2. The molecule has 0 spiro atoms. The minimum Gasteiger partial charge on any atom is -0.477 e. The lowest BCUT2D eigenvalue weighted by Crippen LogP contribution is -2.10. The molecule has 2 aromatic heterocycles. The summed E-state index contributed by atoms with van der Waals surface area (Å²) in [6, 6.07) is 33.0. The standard InChI is InChI=1S/C22H14Cl3NO2S.C17H13Cl2NO2S.2CH4.S36/c23-14-3-1-13(2-4-14)12-26-19-10-7-16(25)11-18(19)21(20(26)22(27)28)29-17-8-5-15(24)6-9-17;1-2-22-17(21)15-16(23-12-6-3-10(18)4-7-12)13-9-11(19)5-8-14(13)20-15;;;1-3-5-7-9-11-13-15-17-19-21-23-25-27-29-31-33-35-36-34-32-30-28-26-24-22-20-18-16-14-12-10-8-6-4-2/h1-11H,12H2,(H,27,28);3-9,20H,2H2,1H3;2*1H4;. The third kappa shape index (κ3) is 36.9. The first kappa shape index (κ1) is 88.4. The van der Waals surface area contributed by atoms with Crippen LogP contribution in [0.4, 0.5) is 0 Å². The summed E-state index contributed by atoms with van der Waals surface area (Å²) in [6.45, 7) is 2.50. The lowest BCUT2D eigenvalue weighted by Gasteiger charge is -2.10. The van der Waals surface area contributed by atoms with Crippen molar-refractivity contribution in [3.05, 3.63) is 151 Å². The van der Waals surface area contributed by atoms with E-state index in [1.807, 2.05) is 244 Å². The van der Waals surface area contributed by atoms with Crippen LogP contribution in [0.1, 0.15) is 48.3 Å². The van der Waals surface area contributed by atoms with Crippen molar-refractivity contribution in [2.24, 2.45) is 0 Å². The molecule has 7 rings (SSSR count). The van der Waals surface area contributed by atoms with Crippen molar-refractivity contribution in [1.29, 1.82) is 0 Å². The second-order valence-electron chi connectivity index (χ2n) is 13.5. The number of aromatic nitrogens is 2. The third-order valence-corrected chi connectivity index (χ3v) is 85.4.